The molecule has 0 unspecified atom stereocenters. The molecular formula is C16H13N3O3S. The van der Waals surface area contributed by atoms with Crippen molar-refractivity contribution >= 4 is 34.7 Å². The van der Waals surface area contributed by atoms with E-state index in [9.17, 15) is 15.0 Å². The Morgan fingerprint density at radius 2 is 1.83 bits per heavy atom. The molecule has 1 fully saturated rings. The van der Waals surface area contributed by atoms with Crippen molar-refractivity contribution in [1.82, 2.24) is 0 Å². The molecule has 23 heavy (non-hydrogen) atoms. The summed E-state index contributed by atoms with van der Waals surface area (Å²) in [6.45, 7) is 0. The third-order valence-corrected chi connectivity index (χ3v) is 4.06. The lowest BCUT2D eigenvalue weighted by Crippen LogP contribution is -2.28. The van der Waals surface area contributed by atoms with Gasteiger partial charge in [0, 0.05) is 5.56 Å². The van der Waals surface area contributed by atoms with E-state index >= 15 is 0 Å². The van der Waals surface area contributed by atoms with Crippen LogP contribution in [0, 0.1) is 0 Å². The van der Waals surface area contributed by atoms with Crippen molar-refractivity contribution in [1.29, 1.82) is 0 Å². The second-order valence-corrected chi connectivity index (χ2v) is 5.66. The number of benzene rings is 2. The summed E-state index contributed by atoms with van der Waals surface area (Å²) in [5, 5.41) is 27.5. The van der Waals surface area contributed by atoms with Crippen LogP contribution in [0.3, 0.4) is 0 Å². The van der Waals surface area contributed by atoms with E-state index in [0.717, 1.165) is 0 Å². The van der Waals surface area contributed by atoms with Gasteiger partial charge in [-0.3, -0.25) is 9.69 Å². The first-order chi connectivity index (χ1) is 11.1. The molecule has 0 saturated carbocycles. The number of amidine groups is 1. The number of hydrogen-bond acceptors (Lipinski definition) is 6. The van der Waals surface area contributed by atoms with E-state index in [4.69, 9.17) is 0 Å². The molecule has 2 N–H and O–H groups in total. The van der Waals surface area contributed by atoms with Gasteiger partial charge in [0.25, 0.3) is 0 Å². The fourth-order valence-corrected chi connectivity index (χ4v) is 2.85. The lowest BCUT2D eigenvalue weighted by atomic mass is 10.2. The highest BCUT2D eigenvalue weighted by Crippen LogP contribution is 2.28. The number of carbonyl (C=O) groups is 1. The average molecular weight is 327 g/mol. The van der Waals surface area contributed by atoms with Crippen molar-refractivity contribution in [2.24, 2.45) is 10.2 Å². The number of carbonyl (C=O) groups excluding carboxylic acids is 1. The smallest absolute Gasteiger partial charge is 0.243 e. The van der Waals surface area contributed by atoms with E-state index in [0.29, 0.717) is 16.4 Å². The predicted molar refractivity (Wildman–Crippen MR) is 91.2 cm³/mol. The number of hydrogen-bond donors (Lipinski definition) is 2. The highest BCUT2D eigenvalue weighted by molar-refractivity contribution is 8.15. The molecule has 1 aliphatic heterocycles. The Hall–Kier alpha value is -2.80. The molecule has 2 aromatic rings. The minimum Gasteiger partial charge on any atom is -0.508 e. The Labute approximate surface area is 136 Å². The molecule has 116 valence electrons. The van der Waals surface area contributed by atoms with Crippen molar-refractivity contribution in [2.75, 3.05) is 10.7 Å². The Bertz CT molecular complexity index is 787. The monoisotopic (exact) mass is 327 g/mol. The van der Waals surface area contributed by atoms with Crippen molar-refractivity contribution in [3.63, 3.8) is 0 Å². The number of para-hydroxylation sites is 1. The Balaban J connectivity index is 1.84. The van der Waals surface area contributed by atoms with Crippen LogP contribution < -0.4 is 4.90 Å². The highest BCUT2D eigenvalue weighted by Gasteiger charge is 2.29. The molecule has 0 spiro atoms. The summed E-state index contributed by atoms with van der Waals surface area (Å²) in [6, 6.07) is 13.1. The van der Waals surface area contributed by atoms with E-state index < -0.39 is 0 Å². The van der Waals surface area contributed by atoms with Gasteiger partial charge in [-0.2, -0.15) is 5.10 Å². The predicted octanol–water partition coefficient (Wildman–Crippen LogP) is 2.57. The zero-order valence-electron chi connectivity index (χ0n) is 12.0. The van der Waals surface area contributed by atoms with Crippen LogP contribution in [0.5, 0.6) is 11.5 Å². The molecule has 0 radical (unpaired) electrons. The maximum absolute atomic E-state index is 12.0. The molecule has 2 aromatic carbocycles. The van der Waals surface area contributed by atoms with Crippen LogP contribution in [0.25, 0.3) is 0 Å². The molecule has 1 heterocycles. The number of thioether (sulfide) groups is 1. The Morgan fingerprint density at radius 1 is 1.09 bits per heavy atom. The summed E-state index contributed by atoms with van der Waals surface area (Å²) in [5.41, 5.74) is 1.16. The molecular weight excluding hydrogens is 314 g/mol. The first kappa shape index (κ1) is 15.1. The molecule has 1 saturated heterocycles. The van der Waals surface area contributed by atoms with Crippen LogP contribution in [0.2, 0.25) is 0 Å². The molecule has 6 nitrogen and oxygen atoms in total. The molecule has 1 aliphatic rings. The molecule has 0 atom stereocenters. The van der Waals surface area contributed by atoms with Gasteiger partial charge < -0.3 is 10.2 Å². The van der Waals surface area contributed by atoms with Gasteiger partial charge in [-0.1, -0.05) is 23.9 Å². The zero-order valence-corrected chi connectivity index (χ0v) is 12.8. The van der Waals surface area contributed by atoms with Crippen molar-refractivity contribution < 1.29 is 15.0 Å². The second kappa shape index (κ2) is 6.53. The summed E-state index contributed by atoms with van der Waals surface area (Å²) >= 11 is 1.28. The van der Waals surface area contributed by atoms with Gasteiger partial charge in [-0.05, 0) is 36.4 Å². The van der Waals surface area contributed by atoms with Gasteiger partial charge >= 0.3 is 0 Å². The standard InChI is InChI=1S/C16H13N3O3S/c20-13-7-5-12(6-8-13)19-15(22)10-23-16(19)18-17-9-11-3-1-2-4-14(11)21/h1-9,20-21H,10H2/b17-9+,18-16?. The number of rotatable bonds is 3. The average Bonchev–Trinajstić information content (AvgIpc) is 2.91. The maximum atomic E-state index is 12.0. The fourth-order valence-electron chi connectivity index (χ4n) is 2.03. The summed E-state index contributed by atoms with van der Waals surface area (Å²) in [4.78, 5) is 13.5. The van der Waals surface area contributed by atoms with Gasteiger partial charge in [0.2, 0.25) is 5.91 Å². The SMILES string of the molecule is O=C1CSC(=N/N=C/c2ccccc2O)N1c1ccc(O)cc1. The quantitative estimate of drug-likeness (QED) is 0.670. The van der Waals surface area contributed by atoms with Crippen molar-refractivity contribution in [3.8, 4) is 11.5 Å². The van der Waals surface area contributed by atoms with E-state index in [1.165, 1.54) is 35.0 Å². The van der Waals surface area contributed by atoms with E-state index in [-0.39, 0.29) is 23.2 Å². The van der Waals surface area contributed by atoms with Gasteiger partial charge in [0.1, 0.15) is 11.5 Å². The van der Waals surface area contributed by atoms with Crippen LogP contribution >= 0.6 is 11.8 Å². The topological polar surface area (TPSA) is 85.5 Å². The van der Waals surface area contributed by atoms with E-state index in [1.54, 1.807) is 36.4 Å². The summed E-state index contributed by atoms with van der Waals surface area (Å²) in [5.74, 6) is 0.425. The van der Waals surface area contributed by atoms with Crippen LogP contribution in [-0.2, 0) is 4.79 Å². The van der Waals surface area contributed by atoms with Crippen LogP contribution in [0.4, 0.5) is 5.69 Å². The third-order valence-electron chi connectivity index (χ3n) is 3.15. The van der Waals surface area contributed by atoms with Gasteiger partial charge in [0.05, 0.1) is 17.7 Å². The molecule has 1 amide bonds. The van der Waals surface area contributed by atoms with Crippen molar-refractivity contribution in [3.05, 3.63) is 54.1 Å². The summed E-state index contributed by atoms with van der Waals surface area (Å²) in [7, 11) is 0. The second-order valence-electron chi connectivity index (χ2n) is 4.72. The summed E-state index contributed by atoms with van der Waals surface area (Å²) in [6.07, 6.45) is 1.43. The highest BCUT2D eigenvalue weighted by atomic mass is 32.2. The first-order valence-electron chi connectivity index (χ1n) is 6.79. The fraction of sp³-hybridized carbons (Fsp3) is 0.0625. The first-order valence-corrected chi connectivity index (χ1v) is 7.77. The van der Waals surface area contributed by atoms with Crippen LogP contribution in [0.15, 0.2) is 58.7 Å². The number of phenolic OH excluding ortho intramolecular Hbond substituents is 2. The number of amides is 1. The number of phenols is 2. The minimum absolute atomic E-state index is 0.0998. The minimum atomic E-state index is -0.0998. The maximum Gasteiger partial charge on any atom is 0.243 e. The lowest BCUT2D eigenvalue weighted by molar-refractivity contribution is -0.115. The molecule has 7 heteroatoms. The molecule has 0 aliphatic carbocycles. The van der Waals surface area contributed by atoms with E-state index in [1.807, 2.05) is 0 Å². The number of anilines is 1. The number of aromatic hydroxyl groups is 2. The normalized spacial score (nSPS) is 16.6. The largest absolute Gasteiger partial charge is 0.508 e. The lowest BCUT2D eigenvalue weighted by Gasteiger charge is -2.14. The van der Waals surface area contributed by atoms with Crippen molar-refractivity contribution in [2.45, 2.75) is 0 Å². The molecule has 3 rings (SSSR count). The van der Waals surface area contributed by atoms with Gasteiger partial charge in [-0.25, -0.2) is 0 Å². The van der Waals surface area contributed by atoms with Gasteiger partial charge in [0.15, 0.2) is 5.17 Å². The third kappa shape index (κ3) is 3.35. The Morgan fingerprint density at radius 3 is 2.57 bits per heavy atom. The van der Waals surface area contributed by atoms with E-state index in [2.05, 4.69) is 10.2 Å². The summed E-state index contributed by atoms with van der Waals surface area (Å²) < 4.78 is 0. The van der Waals surface area contributed by atoms with Crippen LogP contribution in [-0.4, -0.2) is 33.3 Å². The molecule has 0 aromatic heterocycles. The zero-order chi connectivity index (χ0) is 16.2. The molecule has 0 bridgehead atoms. The Kier molecular flexibility index (Phi) is 4.29. The van der Waals surface area contributed by atoms with Gasteiger partial charge in [-0.15, -0.1) is 5.10 Å². The number of nitrogens with zero attached hydrogens (tertiary/aromatic N) is 3. The van der Waals surface area contributed by atoms with Crippen LogP contribution in [0.1, 0.15) is 5.56 Å².